The first-order valence-electron chi connectivity index (χ1n) is 4.98. The van der Waals surface area contributed by atoms with E-state index in [9.17, 15) is 8.42 Å². The SMILES string of the molecule is C=C/C=C(\C)S(=O)(=O)/C(C=C)=C/CCC=C. The Hall–Kier alpha value is -1.35. The van der Waals surface area contributed by atoms with Gasteiger partial charge in [0.15, 0.2) is 0 Å². The maximum absolute atomic E-state index is 12.0. The molecule has 0 aromatic carbocycles. The van der Waals surface area contributed by atoms with Crippen molar-refractivity contribution in [3.05, 3.63) is 59.9 Å². The summed E-state index contributed by atoms with van der Waals surface area (Å²) in [6, 6.07) is 0. The van der Waals surface area contributed by atoms with Crippen LogP contribution < -0.4 is 0 Å². The zero-order valence-corrected chi connectivity index (χ0v) is 10.5. The van der Waals surface area contributed by atoms with Crippen LogP contribution in [0.15, 0.2) is 59.9 Å². The Labute approximate surface area is 98.3 Å². The highest BCUT2D eigenvalue weighted by Gasteiger charge is 2.16. The van der Waals surface area contributed by atoms with Crippen LogP contribution in [0.3, 0.4) is 0 Å². The van der Waals surface area contributed by atoms with Gasteiger partial charge in [-0.25, -0.2) is 8.42 Å². The Bertz CT molecular complexity index is 423. The number of rotatable bonds is 7. The van der Waals surface area contributed by atoms with Crippen LogP contribution in [0.4, 0.5) is 0 Å². The molecule has 0 fully saturated rings. The summed E-state index contributed by atoms with van der Waals surface area (Å²) in [5.41, 5.74) is 0. The normalized spacial score (nSPS) is 13.3. The minimum Gasteiger partial charge on any atom is -0.219 e. The van der Waals surface area contributed by atoms with Crippen molar-refractivity contribution >= 4 is 9.84 Å². The Balaban J connectivity index is 5.17. The average Bonchev–Trinajstić information content (AvgIpc) is 2.24. The lowest BCUT2D eigenvalue weighted by atomic mass is 10.3. The van der Waals surface area contributed by atoms with Crippen molar-refractivity contribution < 1.29 is 8.42 Å². The molecule has 0 aliphatic rings. The van der Waals surface area contributed by atoms with E-state index in [0.717, 1.165) is 6.42 Å². The van der Waals surface area contributed by atoms with Crippen LogP contribution in [0.25, 0.3) is 0 Å². The van der Waals surface area contributed by atoms with Crippen LogP contribution in [0.1, 0.15) is 19.8 Å². The molecule has 3 heteroatoms. The second-order valence-corrected chi connectivity index (χ2v) is 5.32. The fourth-order valence-electron chi connectivity index (χ4n) is 1.09. The van der Waals surface area contributed by atoms with Crippen LogP contribution in [-0.4, -0.2) is 8.42 Å². The van der Waals surface area contributed by atoms with Gasteiger partial charge in [-0.1, -0.05) is 37.5 Å². The van der Waals surface area contributed by atoms with Crippen molar-refractivity contribution in [1.29, 1.82) is 0 Å². The van der Waals surface area contributed by atoms with Gasteiger partial charge in [-0.3, -0.25) is 0 Å². The van der Waals surface area contributed by atoms with Gasteiger partial charge in [-0.05, 0) is 25.8 Å². The van der Waals surface area contributed by atoms with Crippen molar-refractivity contribution in [1.82, 2.24) is 0 Å². The Morgan fingerprint density at radius 3 is 2.25 bits per heavy atom. The van der Waals surface area contributed by atoms with Gasteiger partial charge in [0.05, 0.1) is 4.91 Å². The van der Waals surface area contributed by atoms with Gasteiger partial charge in [0.1, 0.15) is 0 Å². The molecule has 0 heterocycles. The molecule has 0 spiro atoms. The van der Waals surface area contributed by atoms with Crippen molar-refractivity contribution in [2.75, 3.05) is 0 Å². The summed E-state index contributed by atoms with van der Waals surface area (Å²) in [7, 11) is -3.40. The summed E-state index contributed by atoms with van der Waals surface area (Å²) in [5, 5.41) is 0. The number of unbranched alkanes of at least 4 members (excludes halogenated alkanes) is 1. The van der Waals surface area contributed by atoms with E-state index < -0.39 is 9.84 Å². The molecule has 88 valence electrons. The molecule has 0 amide bonds. The Kier molecular flexibility index (Phi) is 6.42. The first-order valence-corrected chi connectivity index (χ1v) is 6.47. The summed E-state index contributed by atoms with van der Waals surface area (Å²) in [6.07, 6.45) is 9.08. The van der Waals surface area contributed by atoms with E-state index in [-0.39, 0.29) is 9.81 Å². The van der Waals surface area contributed by atoms with Gasteiger partial charge in [0.25, 0.3) is 0 Å². The molecule has 0 aliphatic heterocycles. The highest BCUT2D eigenvalue weighted by Crippen LogP contribution is 2.18. The van der Waals surface area contributed by atoms with E-state index in [0.29, 0.717) is 6.42 Å². The first kappa shape index (κ1) is 14.6. The lowest BCUT2D eigenvalue weighted by Crippen LogP contribution is -2.03. The van der Waals surface area contributed by atoms with E-state index >= 15 is 0 Å². The predicted molar refractivity (Wildman–Crippen MR) is 70.6 cm³/mol. The number of hydrogen-bond acceptors (Lipinski definition) is 2. The maximum atomic E-state index is 12.0. The van der Waals surface area contributed by atoms with Crippen LogP contribution in [0.5, 0.6) is 0 Å². The molecular formula is C13H18O2S. The summed E-state index contributed by atoms with van der Waals surface area (Å²) in [6.45, 7) is 12.1. The fourth-order valence-corrected chi connectivity index (χ4v) is 2.29. The van der Waals surface area contributed by atoms with E-state index in [1.807, 2.05) is 0 Å². The second-order valence-electron chi connectivity index (χ2n) is 3.19. The summed E-state index contributed by atoms with van der Waals surface area (Å²) in [5.74, 6) is 0. The smallest absolute Gasteiger partial charge is 0.202 e. The average molecular weight is 238 g/mol. The third-order valence-electron chi connectivity index (χ3n) is 2.00. The standard InChI is InChI=1S/C13H18O2S/c1-5-8-9-11-13(7-3)16(14,15)12(4)10-6-2/h5-7,10-11H,1-3,8-9H2,4H3/b12-10+,13-11+. The monoisotopic (exact) mass is 238 g/mol. The van der Waals surface area contributed by atoms with Crippen molar-refractivity contribution in [3.8, 4) is 0 Å². The molecule has 0 radical (unpaired) electrons. The van der Waals surface area contributed by atoms with Gasteiger partial charge in [0, 0.05) is 4.91 Å². The number of hydrogen-bond donors (Lipinski definition) is 0. The maximum Gasteiger partial charge on any atom is 0.202 e. The van der Waals surface area contributed by atoms with Crippen molar-refractivity contribution in [2.45, 2.75) is 19.8 Å². The van der Waals surface area contributed by atoms with Gasteiger partial charge in [-0.15, -0.1) is 6.58 Å². The molecular weight excluding hydrogens is 220 g/mol. The van der Waals surface area contributed by atoms with Gasteiger partial charge in [0.2, 0.25) is 9.84 Å². The largest absolute Gasteiger partial charge is 0.219 e. The van der Waals surface area contributed by atoms with Crippen LogP contribution in [0, 0.1) is 0 Å². The van der Waals surface area contributed by atoms with Crippen molar-refractivity contribution in [2.24, 2.45) is 0 Å². The minimum atomic E-state index is -3.40. The zero-order chi connectivity index (χ0) is 12.6. The summed E-state index contributed by atoms with van der Waals surface area (Å²) in [4.78, 5) is 0.511. The molecule has 2 nitrogen and oxygen atoms in total. The van der Waals surface area contributed by atoms with Crippen LogP contribution in [0.2, 0.25) is 0 Å². The molecule has 0 unspecified atom stereocenters. The van der Waals surface area contributed by atoms with E-state index in [1.54, 1.807) is 19.1 Å². The number of allylic oxidation sites excluding steroid dienone is 6. The lowest BCUT2D eigenvalue weighted by Gasteiger charge is -2.04. The van der Waals surface area contributed by atoms with E-state index in [2.05, 4.69) is 19.7 Å². The van der Waals surface area contributed by atoms with E-state index in [4.69, 9.17) is 0 Å². The summed E-state index contributed by atoms with van der Waals surface area (Å²) < 4.78 is 23.9. The molecule has 0 aromatic rings. The Morgan fingerprint density at radius 2 is 1.81 bits per heavy atom. The van der Waals surface area contributed by atoms with Crippen LogP contribution in [-0.2, 0) is 9.84 Å². The minimum absolute atomic E-state index is 0.241. The van der Waals surface area contributed by atoms with Gasteiger partial charge >= 0.3 is 0 Å². The highest BCUT2D eigenvalue weighted by molar-refractivity contribution is 7.99. The Morgan fingerprint density at radius 1 is 1.19 bits per heavy atom. The highest BCUT2D eigenvalue weighted by atomic mass is 32.2. The molecule has 0 saturated carbocycles. The van der Waals surface area contributed by atoms with Gasteiger partial charge in [-0.2, -0.15) is 0 Å². The molecule has 0 bridgehead atoms. The fraction of sp³-hybridized carbons (Fsp3) is 0.231. The summed E-state index contributed by atoms with van der Waals surface area (Å²) >= 11 is 0. The van der Waals surface area contributed by atoms with Crippen molar-refractivity contribution in [3.63, 3.8) is 0 Å². The van der Waals surface area contributed by atoms with Crippen LogP contribution >= 0.6 is 0 Å². The molecule has 0 aromatic heterocycles. The van der Waals surface area contributed by atoms with Gasteiger partial charge < -0.3 is 0 Å². The molecule has 0 saturated heterocycles. The predicted octanol–water partition coefficient (Wildman–Crippen LogP) is 3.53. The molecule has 0 aliphatic carbocycles. The molecule has 0 rings (SSSR count). The molecule has 16 heavy (non-hydrogen) atoms. The lowest BCUT2D eigenvalue weighted by molar-refractivity contribution is 0.608. The van der Waals surface area contributed by atoms with E-state index in [1.165, 1.54) is 18.2 Å². The third-order valence-corrected chi connectivity index (χ3v) is 3.94. The second kappa shape index (κ2) is 7.01. The zero-order valence-electron chi connectivity index (χ0n) is 9.65. The first-order chi connectivity index (χ1) is 7.50. The third kappa shape index (κ3) is 4.03. The molecule has 0 N–H and O–H groups in total. The quantitative estimate of drug-likeness (QED) is 0.386. The molecule has 0 atom stereocenters. The number of sulfone groups is 1. The topological polar surface area (TPSA) is 34.1 Å².